The predicted molar refractivity (Wildman–Crippen MR) is 64.8 cm³/mol. The van der Waals surface area contributed by atoms with Gasteiger partial charge in [0.1, 0.15) is 0 Å². The lowest BCUT2D eigenvalue weighted by molar-refractivity contribution is 0.173. The number of rotatable bonds is 5. The van der Waals surface area contributed by atoms with Gasteiger partial charge in [-0.3, -0.25) is 4.72 Å². The van der Waals surface area contributed by atoms with E-state index in [-0.39, 0.29) is 5.75 Å². The molecular weight excluding hydrogens is 226 g/mol. The van der Waals surface area contributed by atoms with E-state index in [4.69, 9.17) is 0 Å². The smallest absolute Gasteiger partial charge is 0.232 e. The molecule has 0 fully saturated rings. The summed E-state index contributed by atoms with van der Waals surface area (Å²) in [7, 11) is -3.22. The van der Waals surface area contributed by atoms with Gasteiger partial charge in [-0.2, -0.15) is 0 Å². The molecule has 4 nitrogen and oxygen atoms in total. The normalized spacial score (nSPS) is 13.4. The van der Waals surface area contributed by atoms with E-state index < -0.39 is 16.1 Å². The molecule has 0 saturated carbocycles. The average molecular weight is 243 g/mol. The molecule has 90 valence electrons. The monoisotopic (exact) mass is 243 g/mol. The Kier molecular flexibility index (Phi) is 4.32. The Morgan fingerprint density at radius 1 is 1.25 bits per heavy atom. The summed E-state index contributed by atoms with van der Waals surface area (Å²) in [5.74, 6) is 0.0480. The molecule has 0 unspecified atom stereocenters. The van der Waals surface area contributed by atoms with Gasteiger partial charge in [0.05, 0.1) is 11.9 Å². The molecule has 16 heavy (non-hydrogen) atoms. The van der Waals surface area contributed by atoms with Gasteiger partial charge in [0, 0.05) is 5.69 Å². The van der Waals surface area contributed by atoms with Crippen LogP contribution in [0.4, 0.5) is 5.69 Å². The van der Waals surface area contributed by atoms with Crippen LogP contribution in [0.15, 0.2) is 24.3 Å². The second-order valence-electron chi connectivity index (χ2n) is 3.55. The van der Waals surface area contributed by atoms with Gasteiger partial charge in [-0.1, -0.05) is 19.1 Å². The van der Waals surface area contributed by atoms with Crippen molar-refractivity contribution >= 4 is 15.7 Å². The third-order valence-electron chi connectivity index (χ3n) is 2.34. The molecule has 0 amide bonds. The molecule has 5 heteroatoms. The molecule has 1 atom stereocenters. The SMILES string of the molecule is CC[C@@H](O)c1ccc(NS(=O)(=O)CC)cc1. The first-order valence-electron chi connectivity index (χ1n) is 5.27. The number of aliphatic hydroxyl groups is 1. The second-order valence-corrected chi connectivity index (χ2v) is 5.56. The Morgan fingerprint density at radius 3 is 2.25 bits per heavy atom. The number of anilines is 1. The topological polar surface area (TPSA) is 66.4 Å². The van der Waals surface area contributed by atoms with Crippen LogP contribution in [0.1, 0.15) is 31.9 Å². The fourth-order valence-corrected chi connectivity index (χ4v) is 1.90. The Labute approximate surface area is 96.4 Å². The summed E-state index contributed by atoms with van der Waals surface area (Å²) in [5.41, 5.74) is 1.32. The molecule has 0 aliphatic rings. The zero-order chi connectivity index (χ0) is 12.2. The maximum Gasteiger partial charge on any atom is 0.232 e. The molecule has 0 spiro atoms. The van der Waals surface area contributed by atoms with Crippen molar-refractivity contribution in [2.45, 2.75) is 26.4 Å². The standard InChI is InChI=1S/C11H17NO3S/c1-3-11(13)9-5-7-10(8-6-9)12-16(14,15)4-2/h5-8,11-13H,3-4H2,1-2H3/t11-/m1/s1. The molecule has 0 saturated heterocycles. The van der Waals surface area contributed by atoms with Crippen LogP contribution in [-0.4, -0.2) is 19.3 Å². The van der Waals surface area contributed by atoms with Crippen molar-refractivity contribution in [3.63, 3.8) is 0 Å². The third-order valence-corrected chi connectivity index (χ3v) is 3.64. The summed E-state index contributed by atoms with van der Waals surface area (Å²) in [4.78, 5) is 0. The zero-order valence-corrected chi connectivity index (χ0v) is 10.3. The average Bonchev–Trinajstić information content (AvgIpc) is 2.28. The van der Waals surface area contributed by atoms with Crippen molar-refractivity contribution in [1.29, 1.82) is 0 Å². The van der Waals surface area contributed by atoms with Crippen LogP contribution in [0.2, 0.25) is 0 Å². The summed E-state index contributed by atoms with van der Waals surface area (Å²) >= 11 is 0. The third kappa shape index (κ3) is 3.50. The number of nitrogens with one attached hydrogen (secondary N) is 1. The number of benzene rings is 1. The van der Waals surface area contributed by atoms with Crippen molar-refractivity contribution in [2.75, 3.05) is 10.5 Å². The number of hydrogen-bond donors (Lipinski definition) is 2. The van der Waals surface area contributed by atoms with Gasteiger partial charge < -0.3 is 5.11 Å². The van der Waals surface area contributed by atoms with Crippen molar-refractivity contribution in [2.24, 2.45) is 0 Å². The molecule has 2 N–H and O–H groups in total. The molecule has 0 aliphatic carbocycles. The van der Waals surface area contributed by atoms with Gasteiger partial charge in [0.15, 0.2) is 0 Å². The van der Waals surface area contributed by atoms with Crippen molar-refractivity contribution < 1.29 is 13.5 Å². The highest BCUT2D eigenvalue weighted by atomic mass is 32.2. The highest BCUT2D eigenvalue weighted by Gasteiger charge is 2.08. The first kappa shape index (κ1) is 13.0. The Hall–Kier alpha value is -1.07. The maximum atomic E-state index is 11.3. The Balaban J connectivity index is 2.80. The number of sulfonamides is 1. The van der Waals surface area contributed by atoms with E-state index in [9.17, 15) is 13.5 Å². The van der Waals surface area contributed by atoms with E-state index in [0.717, 1.165) is 5.56 Å². The Bertz CT molecular complexity index is 425. The fraction of sp³-hybridized carbons (Fsp3) is 0.455. The minimum Gasteiger partial charge on any atom is -0.388 e. The first-order valence-corrected chi connectivity index (χ1v) is 6.92. The number of hydrogen-bond acceptors (Lipinski definition) is 3. The van der Waals surface area contributed by atoms with Crippen molar-refractivity contribution in [1.82, 2.24) is 0 Å². The molecule has 0 bridgehead atoms. The Morgan fingerprint density at radius 2 is 1.81 bits per heavy atom. The van der Waals surface area contributed by atoms with Gasteiger partial charge in [0.25, 0.3) is 0 Å². The van der Waals surface area contributed by atoms with Crippen LogP contribution >= 0.6 is 0 Å². The predicted octanol–water partition coefficient (Wildman–Crippen LogP) is 1.89. The molecular formula is C11H17NO3S. The quantitative estimate of drug-likeness (QED) is 0.830. The molecule has 1 aromatic rings. The van der Waals surface area contributed by atoms with E-state index in [1.165, 1.54) is 0 Å². The highest BCUT2D eigenvalue weighted by molar-refractivity contribution is 7.92. The van der Waals surface area contributed by atoms with Gasteiger partial charge in [0.2, 0.25) is 10.0 Å². The van der Waals surface area contributed by atoms with E-state index in [1.54, 1.807) is 31.2 Å². The molecule has 0 aliphatic heterocycles. The molecule has 1 aromatic carbocycles. The molecule has 0 radical (unpaired) electrons. The van der Waals surface area contributed by atoms with Crippen LogP contribution in [0.5, 0.6) is 0 Å². The van der Waals surface area contributed by atoms with Gasteiger partial charge in [-0.25, -0.2) is 8.42 Å². The van der Waals surface area contributed by atoms with Crippen LogP contribution in [0.25, 0.3) is 0 Å². The molecule has 0 heterocycles. The molecule has 0 aromatic heterocycles. The minimum absolute atomic E-state index is 0.0480. The number of aliphatic hydroxyl groups excluding tert-OH is 1. The summed E-state index contributed by atoms with van der Waals surface area (Å²) in [5, 5.41) is 9.56. The lowest BCUT2D eigenvalue weighted by Crippen LogP contribution is -2.14. The van der Waals surface area contributed by atoms with Crippen LogP contribution < -0.4 is 4.72 Å². The largest absolute Gasteiger partial charge is 0.388 e. The van der Waals surface area contributed by atoms with Crippen molar-refractivity contribution in [3.8, 4) is 0 Å². The van der Waals surface area contributed by atoms with Gasteiger partial charge in [-0.05, 0) is 31.0 Å². The highest BCUT2D eigenvalue weighted by Crippen LogP contribution is 2.19. The second kappa shape index (κ2) is 5.32. The lowest BCUT2D eigenvalue weighted by Gasteiger charge is -2.10. The van der Waals surface area contributed by atoms with E-state index in [2.05, 4.69) is 4.72 Å². The zero-order valence-electron chi connectivity index (χ0n) is 9.47. The summed E-state index contributed by atoms with van der Waals surface area (Å²) < 4.78 is 25.0. The van der Waals surface area contributed by atoms with Crippen LogP contribution in [0.3, 0.4) is 0 Å². The minimum atomic E-state index is -3.22. The lowest BCUT2D eigenvalue weighted by atomic mass is 10.1. The van der Waals surface area contributed by atoms with Gasteiger partial charge in [-0.15, -0.1) is 0 Å². The first-order chi connectivity index (χ1) is 7.48. The van der Waals surface area contributed by atoms with Gasteiger partial charge >= 0.3 is 0 Å². The fourth-order valence-electron chi connectivity index (χ4n) is 1.26. The summed E-state index contributed by atoms with van der Waals surface area (Å²) in [6.45, 7) is 3.47. The maximum absolute atomic E-state index is 11.3. The van der Waals surface area contributed by atoms with E-state index in [1.807, 2.05) is 6.92 Å². The van der Waals surface area contributed by atoms with Crippen LogP contribution in [-0.2, 0) is 10.0 Å². The van der Waals surface area contributed by atoms with Crippen molar-refractivity contribution in [3.05, 3.63) is 29.8 Å². The summed E-state index contributed by atoms with van der Waals surface area (Å²) in [6.07, 6.45) is 0.150. The summed E-state index contributed by atoms with van der Waals surface area (Å²) in [6, 6.07) is 6.76. The van der Waals surface area contributed by atoms with E-state index >= 15 is 0 Å². The van der Waals surface area contributed by atoms with Crippen LogP contribution in [0, 0.1) is 0 Å². The van der Waals surface area contributed by atoms with E-state index in [0.29, 0.717) is 12.1 Å². The molecule has 1 rings (SSSR count).